The molecule has 1 fully saturated rings. The van der Waals surface area contributed by atoms with Crippen LogP contribution in [0.1, 0.15) is 24.0 Å². The molecule has 1 saturated heterocycles. The van der Waals surface area contributed by atoms with Crippen molar-refractivity contribution in [3.8, 4) is 0 Å². The van der Waals surface area contributed by atoms with Crippen molar-refractivity contribution >= 4 is 24.0 Å². The van der Waals surface area contributed by atoms with E-state index in [-0.39, 0.29) is 18.3 Å². The molecule has 1 atom stereocenters. The van der Waals surface area contributed by atoms with Crippen molar-refractivity contribution in [2.75, 3.05) is 18.4 Å². The molecule has 0 bridgehead atoms. The number of amides is 1. The number of anilines is 1. The Balaban J connectivity index is 0.00000162. The fourth-order valence-electron chi connectivity index (χ4n) is 2.35. The Hall–Kier alpha value is -1.06. The predicted molar refractivity (Wildman–Crippen MR) is 77.4 cm³/mol. The number of rotatable bonds is 3. The summed E-state index contributed by atoms with van der Waals surface area (Å²) >= 11 is 0. The van der Waals surface area contributed by atoms with Crippen LogP contribution in [0.25, 0.3) is 0 Å². The average molecular weight is 269 g/mol. The highest BCUT2D eigenvalue weighted by Gasteiger charge is 2.18. The molecule has 0 saturated carbocycles. The van der Waals surface area contributed by atoms with Gasteiger partial charge in [0.1, 0.15) is 0 Å². The molecule has 1 amide bonds. The number of hydrogen-bond acceptors (Lipinski definition) is 2. The molecule has 4 heteroatoms. The van der Waals surface area contributed by atoms with Crippen LogP contribution in [0.15, 0.2) is 18.2 Å². The number of nitrogens with one attached hydrogen (secondary N) is 2. The highest BCUT2D eigenvalue weighted by Crippen LogP contribution is 2.21. The van der Waals surface area contributed by atoms with Crippen LogP contribution >= 0.6 is 12.4 Å². The first-order chi connectivity index (χ1) is 8.16. The quantitative estimate of drug-likeness (QED) is 0.885. The van der Waals surface area contributed by atoms with Crippen molar-refractivity contribution in [1.29, 1.82) is 0 Å². The van der Waals surface area contributed by atoms with Gasteiger partial charge in [0.15, 0.2) is 0 Å². The topological polar surface area (TPSA) is 41.1 Å². The van der Waals surface area contributed by atoms with Gasteiger partial charge in [0.2, 0.25) is 5.91 Å². The highest BCUT2D eigenvalue weighted by atomic mass is 35.5. The van der Waals surface area contributed by atoms with Crippen LogP contribution in [-0.4, -0.2) is 19.0 Å². The Morgan fingerprint density at radius 3 is 2.61 bits per heavy atom. The van der Waals surface area contributed by atoms with Crippen LogP contribution in [0, 0.1) is 19.8 Å². The van der Waals surface area contributed by atoms with E-state index in [0.717, 1.165) is 36.3 Å². The maximum atomic E-state index is 11.9. The minimum Gasteiger partial charge on any atom is -0.326 e. The van der Waals surface area contributed by atoms with E-state index in [4.69, 9.17) is 0 Å². The SMILES string of the molecule is Cc1cccc(C)c1NC(=O)CC1CCNC1.Cl. The van der Waals surface area contributed by atoms with Gasteiger partial charge >= 0.3 is 0 Å². The van der Waals surface area contributed by atoms with Crippen LogP contribution < -0.4 is 10.6 Å². The van der Waals surface area contributed by atoms with E-state index < -0.39 is 0 Å². The van der Waals surface area contributed by atoms with E-state index in [1.165, 1.54) is 0 Å². The van der Waals surface area contributed by atoms with Gasteiger partial charge in [-0.25, -0.2) is 0 Å². The lowest BCUT2D eigenvalue weighted by molar-refractivity contribution is -0.117. The van der Waals surface area contributed by atoms with Crippen molar-refractivity contribution in [3.63, 3.8) is 0 Å². The fraction of sp³-hybridized carbons (Fsp3) is 0.500. The zero-order chi connectivity index (χ0) is 12.3. The van der Waals surface area contributed by atoms with Gasteiger partial charge in [-0.1, -0.05) is 18.2 Å². The molecule has 1 aromatic rings. The van der Waals surface area contributed by atoms with Gasteiger partial charge in [-0.05, 0) is 50.4 Å². The smallest absolute Gasteiger partial charge is 0.224 e. The lowest BCUT2D eigenvalue weighted by Crippen LogP contribution is -2.19. The van der Waals surface area contributed by atoms with E-state index in [9.17, 15) is 4.79 Å². The molecule has 0 aromatic heterocycles. The van der Waals surface area contributed by atoms with Gasteiger partial charge < -0.3 is 10.6 Å². The molecule has 0 radical (unpaired) electrons. The number of aryl methyl sites for hydroxylation is 2. The average Bonchev–Trinajstić information content (AvgIpc) is 2.76. The maximum Gasteiger partial charge on any atom is 0.224 e. The molecule has 1 aliphatic heterocycles. The Morgan fingerprint density at radius 2 is 2.06 bits per heavy atom. The van der Waals surface area contributed by atoms with E-state index in [0.29, 0.717) is 12.3 Å². The van der Waals surface area contributed by atoms with Gasteiger partial charge in [-0.2, -0.15) is 0 Å². The second-order valence-electron chi connectivity index (χ2n) is 4.88. The standard InChI is InChI=1S/C14H20N2O.ClH/c1-10-4-3-5-11(2)14(10)16-13(17)8-12-6-7-15-9-12;/h3-5,12,15H,6-9H2,1-2H3,(H,16,17);1H. The number of halogens is 1. The number of carbonyl (C=O) groups is 1. The molecule has 3 nitrogen and oxygen atoms in total. The molecule has 0 aliphatic carbocycles. The summed E-state index contributed by atoms with van der Waals surface area (Å²) in [6.45, 7) is 6.07. The Labute approximate surface area is 115 Å². The molecule has 1 aromatic carbocycles. The minimum atomic E-state index is 0. The maximum absolute atomic E-state index is 11.9. The zero-order valence-electron chi connectivity index (χ0n) is 11.0. The number of hydrogen-bond donors (Lipinski definition) is 2. The summed E-state index contributed by atoms with van der Waals surface area (Å²) in [5.41, 5.74) is 3.23. The van der Waals surface area contributed by atoms with Gasteiger partial charge in [-0.15, -0.1) is 12.4 Å². The summed E-state index contributed by atoms with van der Waals surface area (Å²) in [6, 6.07) is 6.07. The van der Waals surface area contributed by atoms with E-state index >= 15 is 0 Å². The minimum absolute atomic E-state index is 0. The van der Waals surface area contributed by atoms with Crippen LogP contribution in [0.4, 0.5) is 5.69 Å². The van der Waals surface area contributed by atoms with Gasteiger partial charge in [0, 0.05) is 12.1 Å². The van der Waals surface area contributed by atoms with Crippen LogP contribution in [-0.2, 0) is 4.79 Å². The monoisotopic (exact) mass is 268 g/mol. The van der Waals surface area contributed by atoms with Crippen molar-refractivity contribution in [1.82, 2.24) is 5.32 Å². The van der Waals surface area contributed by atoms with Crippen molar-refractivity contribution in [2.45, 2.75) is 26.7 Å². The molecular weight excluding hydrogens is 248 g/mol. The third-order valence-corrected chi connectivity index (χ3v) is 3.38. The highest BCUT2D eigenvalue weighted by molar-refractivity contribution is 5.92. The number of benzene rings is 1. The zero-order valence-corrected chi connectivity index (χ0v) is 11.8. The first kappa shape index (κ1) is 15.0. The van der Waals surface area contributed by atoms with Crippen LogP contribution in [0.3, 0.4) is 0 Å². The molecule has 2 N–H and O–H groups in total. The van der Waals surface area contributed by atoms with Crippen LogP contribution in [0.5, 0.6) is 0 Å². The van der Waals surface area contributed by atoms with Gasteiger partial charge in [-0.3, -0.25) is 4.79 Å². The lowest BCUT2D eigenvalue weighted by atomic mass is 10.0. The Bertz CT molecular complexity index is 394. The Morgan fingerprint density at radius 1 is 1.39 bits per heavy atom. The first-order valence-corrected chi connectivity index (χ1v) is 6.23. The summed E-state index contributed by atoms with van der Waals surface area (Å²) < 4.78 is 0. The van der Waals surface area contributed by atoms with E-state index in [1.807, 2.05) is 32.0 Å². The molecule has 0 spiro atoms. The van der Waals surface area contributed by atoms with Crippen molar-refractivity contribution < 1.29 is 4.79 Å². The largest absolute Gasteiger partial charge is 0.326 e. The van der Waals surface area contributed by atoms with Crippen LogP contribution in [0.2, 0.25) is 0 Å². The van der Waals surface area contributed by atoms with E-state index in [1.54, 1.807) is 0 Å². The van der Waals surface area contributed by atoms with E-state index in [2.05, 4.69) is 10.6 Å². The number of para-hydroxylation sites is 1. The van der Waals surface area contributed by atoms with Crippen molar-refractivity contribution in [3.05, 3.63) is 29.3 Å². The summed E-state index contributed by atoms with van der Waals surface area (Å²) in [4.78, 5) is 11.9. The lowest BCUT2D eigenvalue weighted by Gasteiger charge is -2.13. The fourth-order valence-corrected chi connectivity index (χ4v) is 2.35. The summed E-state index contributed by atoms with van der Waals surface area (Å²) in [5, 5.41) is 6.32. The summed E-state index contributed by atoms with van der Waals surface area (Å²) in [5.74, 6) is 0.635. The third kappa shape index (κ3) is 3.72. The molecule has 18 heavy (non-hydrogen) atoms. The predicted octanol–water partition coefficient (Wildman–Crippen LogP) is 2.66. The number of carbonyl (C=O) groups excluding carboxylic acids is 1. The van der Waals surface area contributed by atoms with Gasteiger partial charge in [0.25, 0.3) is 0 Å². The second kappa shape index (κ2) is 6.76. The second-order valence-corrected chi connectivity index (χ2v) is 4.88. The molecule has 100 valence electrons. The Kier molecular flexibility index (Phi) is 5.63. The normalized spacial score (nSPS) is 18.2. The molecule has 2 rings (SSSR count). The molecule has 1 unspecified atom stereocenters. The van der Waals surface area contributed by atoms with Gasteiger partial charge in [0.05, 0.1) is 0 Å². The summed E-state index contributed by atoms with van der Waals surface area (Å²) in [6.07, 6.45) is 1.74. The third-order valence-electron chi connectivity index (χ3n) is 3.38. The first-order valence-electron chi connectivity index (χ1n) is 6.23. The molecular formula is C14H21ClN2O. The molecule has 1 aliphatic rings. The van der Waals surface area contributed by atoms with Crippen molar-refractivity contribution in [2.24, 2.45) is 5.92 Å². The molecule has 1 heterocycles. The summed E-state index contributed by atoms with van der Waals surface area (Å²) in [7, 11) is 0.